The number of nitrogens with two attached hydrogens (primary N) is 1. The van der Waals surface area contributed by atoms with Crippen LogP contribution in [-0.2, 0) is 6.42 Å². The molecular weight excluding hydrogens is 164 g/mol. The van der Waals surface area contributed by atoms with Gasteiger partial charge in [0.25, 0.3) is 0 Å². The lowest BCUT2D eigenvalue weighted by Gasteiger charge is -2.02. The molecule has 66 valence electrons. The molecule has 0 aromatic heterocycles. The van der Waals surface area contributed by atoms with E-state index >= 15 is 0 Å². The molecule has 0 saturated carbocycles. The average Bonchev–Trinajstić information content (AvgIpc) is 2.07. The molecule has 0 heterocycles. The summed E-state index contributed by atoms with van der Waals surface area (Å²) >= 11 is 0. The largest absolute Gasteiger partial charge is 0.503 e. The number of aromatic hydroxyl groups is 1. The quantitative estimate of drug-likeness (QED) is 0.705. The fourth-order valence-corrected chi connectivity index (χ4v) is 0.931. The number of hydrogen-bond acceptors (Lipinski definition) is 2. The lowest BCUT2D eigenvalue weighted by Crippen LogP contribution is -2.04. The topological polar surface area (TPSA) is 46.2 Å². The standard InChI is InChI=1S/C8H9F2NO/c9-6-2-1-5(3-4-11)7(10)8(6)12/h1-2,12H,3-4,11H2. The molecule has 0 aliphatic rings. The van der Waals surface area contributed by atoms with Crippen LogP contribution in [0, 0.1) is 11.6 Å². The fourth-order valence-electron chi connectivity index (χ4n) is 0.931. The second-order valence-electron chi connectivity index (χ2n) is 2.41. The van der Waals surface area contributed by atoms with Crippen molar-refractivity contribution in [2.45, 2.75) is 6.42 Å². The van der Waals surface area contributed by atoms with Gasteiger partial charge in [0, 0.05) is 0 Å². The molecule has 0 spiro atoms. The Morgan fingerprint density at radius 2 is 2.00 bits per heavy atom. The molecule has 1 aromatic rings. The predicted octanol–water partition coefficient (Wildman–Crippen LogP) is 1.17. The lowest BCUT2D eigenvalue weighted by atomic mass is 10.1. The van der Waals surface area contributed by atoms with Crippen molar-refractivity contribution in [2.75, 3.05) is 6.54 Å². The zero-order valence-electron chi connectivity index (χ0n) is 6.35. The molecule has 0 radical (unpaired) electrons. The first kappa shape index (κ1) is 8.93. The number of hydrogen-bond donors (Lipinski definition) is 2. The summed E-state index contributed by atoms with van der Waals surface area (Å²) in [4.78, 5) is 0. The van der Waals surface area contributed by atoms with Crippen LogP contribution in [0.5, 0.6) is 5.75 Å². The Morgan fingerprint density at radius 3 is 2.58 bits per heavy atom. The number of benzene rings is 1. The van der Waals surface area contributed by atoms with Gasteiger partial charge in [-0.3, -0.25) is 0 Å². The Morgan fingerprint density at radius 1 is 1.33 bits per heavy atom. The third-order valence-corrected chi connectivity index (χ3v) is 1.56. The van der Waals surface area contributed by atoms with Gasteiger partial charge in [-0.1, -0.05) is 6.07 Å². The van der Waals surface area contributed by atoms with Crippen molar-refractivity contribution in [1.82, 2.24) is 0 Å². The van der Waals surface area contributed by atoms with Crippen molar-refractivity contribution in [3.05, 3.63) is 29.3 Å². The van der Waals surface area contributed by atoms with Crippen molar-refractivity contribution in [3.63, 3.8) is 0 Å². The third kappa shape index (κ3) is 1.53. The van der Waals surface area contributed by atoms with E-state index in [2.05, 4.69) is 0 Å². The molecule has 0 aliphatic heterocycles. The van der Waals surface area contributed by atoms with E-state index in [1.165, 1.54) is 6.07 Å². The predicted molar refractivity (Wildman–Crippen MR) is 40.8 cm³/mol. The smallest absolute Gasteiger partial charge is 0.188 e. The van der Waals surface area contributed by atoms with Crippen LogP contribution in [0.15, 0.2) is 12.1 Å². The van der Waals surface area contributed by atoms with E-state index in [9.17, 15) is 8.78 Å². The minimum atomic E-state index is -0.951. The first-order valence-corrected chi connectivity index (χ1v) is 3.52. The third-order valence-electron chi connectivity index (χ3n) is 1.56. The van der Waals surface area contributed by atoms with Gasteiger partial charge in [0.1, 0.15) is 0 Å². The summed E-state index contributed by atoms with van der Waals surface area (Å²) in [5.74, 6) is -2.80. The van der Waals surface area contributed by atoms with Gasteiger partial charge in [0.15, 0.2) is 17.4 Å². The highest BCUT2D eigenvalue weighted by atomic mass is 19.1. The maximum Gasteiger partial charge on any atom is 0.188 e. The normalized spacial score (nSPS) is 10.2. The maximum atomic E-state index is 12.9. The van der Waals surface area contributed by atoms with Gasteiger partial charge in [0.05, 0.1) is 0 Å². The highest BCUT2D eigenvalue weighted by Crippen LogP contribution is 2.22. The van der Waals surface area contributed by atoms with Gasteiger partial charge in [-0.2, -0.15) is 0 Å². The Labute approximate surface area is 68.6 Å². The van der Waals surface area contributed by atoms with E-state index in [1.54, 1.807) is 0 Å². The van der Waals surface area contributed by atoms with E-state index in [0.29, 0.717) is 6.42 Å². The van der Waals surface area contributed by atoms with Gasteiger partial charge >= 0.3 is 0 Å². The summed E-state index contributed by atoms with van der Waals surface area (Å²) < 4.78 is 25.4. The Kier molecular flexibility index (Phi) is 2.60. The molecule has 0 amide bonds. The SMILES string of the molecule is NCCc1ccc(F)c(O)c1F. The van der Waals surface area contributed by atoms with Crippen LogP contribution in [0.1, 0.15) is 5.56 Å². The van der Waals surface area contributed by atoms with Crippen molar-refractivity contribution in [3.8, 4) is 5.75 Å². The van der Waals surface area contributed by atoms with E-state index < -0.39 is 17.4 Å². The molecule has 1 aromatic carbocycles. The Hall–Kier alpha value is -1.16. The first-order valence-electron chi connectivity index (χ1n) is 3.52. The molecule has 2 nitrogen and oxygen atoms in total. The van der Waals surface area contributed by atoms with Crippen LogP contribution in [-0.4, -0.2) is 11.7 Å². The van der Waals surface area contributed by atoms with Crippen molar-refractivity contribution in [1.29, 1.82) is 0 Å². The molecule has 0 unspecified atom stereocenters. The Bertz CT molecular complexity index is 289. The molecule has 4 heteroatoms. The second-order valence-corrected chi connectivity index (χ2v) is 2.41. The molecule has 12 heavy (non-hydrogen) atoms. The monoisotopic (exact) mass is 173 g/mol. The highest BCUT2D eigenvalue weighted by molar-refractivity contribution is 5.31. The first-order chi connectivity index (χ1) is 5.66. The second kappa shape index (κ2) is 3.49. The highest BCUT2D eigenvalue weighted by Gasteiger charge is 2.10. The fraction of sp³-hybridized carbons (Fsp3) is 0.250. The van der Waals surface area contributed by atoms with Gasteiger partial charge in [-0.25, -0.2) is 8.78 Å². The number of halogens is 2. The lowest BCUT2D eigenvalue weighted by molar-refractivity contribution is 0.393. The molecule has 0 bridgehead atoms. The number of phenols is 1. The van der Waals surface area contributed by atoms with Gasteiger partial charge in [0.2, 0.25) is 0 Å². The molecule has 0 aliphatic carbocycles. The van der Waals surface area contributed by atoms with E-state index in [0.717, 1.165) is 6.07 Å². The molecule has 3 N–H and O–H groups in total. The van der Waals surface area contributed by atoms with Crippen molar-refractivity contribution in [2.24, 2.45) is 5.73 Å². The van der Waals surface area contributed by atoms with Crippen LogP contribution in [0.25, 0.3) is 0 Å². The van der Waals surface area contributed by atoms with E-state index in [4.69, 9.17) is 10.8 Å². The van der Waals surface area contributed by atoms with Crippen molar-refractivity contribution >= 4 is 0 Å². The summed E-state index contributed by atoms with van der Waals surface area (Å²) in [6, 6.07) is 2.29. The summed E-state index contributed by atoms with van der Waals surface area (Å²) in [5, 5.41) is 8.82. The minimum absolute atomic E-state index is 0.233. The molecule has 0 saturated heterocycles. The number of phenolic OH excluding ortho intramolecular Hbond substituents is 1. The zero-order valence-corrected chi connectivity index (χ0v) is 6.35. The molecule has 1 rings (SSSR count). The van der Waals surface area contributed by atoms with Crippen LogP contribution in [0.3, 0.4) is 0 Å². The molecule has 0 atom stereocenters. The van der Waals surface area contributed by atoms with Crippen LogP contribution in [0.4, 0.5) is 8.78 Å². The minimum Gasteiger partial charge on any atom is -0.503 e. The maximum absolute atomic E-state index is 12.9. The average molecular weight is 173 g/mol. The van der Waals surface area contributed by atoms with E-state index in [1.807, 2.05) is 0 Å². The summed E-state index contributed by atoms with van der Waals surface area (Å²) in [7, 11) is 0. The molecular formula is C8H9F2NO. The van der Waals surface area contributed by atoms with Crippen LogP contribution >= 0.6 is 0 Å². The Balaban J connectivity index is 3.08. The van der Waals surface area contributed by atoms with Gasteiger partial charge in [-0.15, -0.1) is 0 Å². The van der Waals surface area contributed by atoms with E-state index in [-0.39, 0.29) is 12.1 Å². The number of rotatable bonds is 2. The van der Waals surface area contributed by atoms with Crippen molar-refractivity contribution < 1.29 is 13.9 Å². The molecule has 0 fully saturated rings. The van der Waals surface area contributed by atoms with Gasteiger partial charge in [-0.05, 0) is 24.6 Å². The summed E-state index contributed by atoms with van der Waals surface area (Å²) in [5.41, 5.74) is 5.41. The van der Waals surface area contributed by atoms with Crippen LogP contribution < -0.4 is 5.73 Å². The zero-order chi connectivity index (χ0) is 9.14. The summed E-state index contributed by atoms with van der Waals surface area (Å²) in [6.07, 6.45) is 0.291. The van der Waals surface area contributed by atoms with Gasteiger partial charge < -0.3 is 10.8 Å². The van der Waals surface area contributed by atoms with Crippen LogP contribution in [0.2, 0.25) is 0 Å². The summed E-state index contributed by atoms with van der Waals surface area (Å²) in [6.45, 7) is 0.266.